The second kappa shape index (κ2) is 16.5. The molecule has 342 valence electrons. The second-order valence-corrected chi connectivity index (χ2v) is 19.4. The monoisotopic (exact) mass is 864 g/mol. The lowest BCUT2D eigenvalue weighted by molar-refractivity contribution is -0.363. The van der Waals surface area contributed by atoms with Gasteiger partial charge >= 0.3 is 17.9 Å². The van der Waals surface area contributed by atoms with Crippen molar-refractivity contribution in [2.45, 2.75) is 179 Å². The normalized spacial score (nSPS) is 51.6. The summed E-state index contributed by atoms with van der Waals surface area (Å²) in [6, 6.07) is 0. The largest absolute Gasteiger partial charge is 0.456 e. The molecule has 17 heteroatoms. The maximum Gasteiger partial charge on any atom is 0.303 e. The lowest BCUT2D eigenvalue weighted by Crippen LogP contribution is -2.65. The highest BCUT2D eigenvalue weighted by Crippen LogP contribution is 2.71. The van der Waals surface area contributed by atoms with Gasteiger partial charge in [0.25, 0.3) is 0 Å². The van der Waals surface area contributed by atoms with Crippen LogP contribution in [0, 0.1) is 40.4 Å². The average molecular weight is 865 g/mol. The summed E-state index contributed by atoms with van der Waals surface area (Å²) in [5, 5.41) is 55.8. The van der Waals surface area contributed by atoms with Crippen LogP contribution >= 0.6 is 0 Å². The van der Waals surface area contributed by atoms with Crippen molar-refractivity contribution in [3.8, 4) is 0 Å². The predicted octanol–water partition coefficient (Wildman–Crippen LogP) is 1.57. The topological polar surface area (TPSA) is 235 Å². The van der Waals surface area contributed by atoms with E-state index in [0.717, 1.165) is 45.1 Å². The Labute approximate surface area is 355 Å². The first-order valence-electron chi connectivity index (χ1n) is 21.9. The summed E-state index contributed by atoms with van der Waals surface area (Å²) < 4.78 is 55.0. The highest BCUT2D eigenvalue weighted by molar-refractivity contribution is 5.68. The second-order valence-electron chi connectivity index (χ2n) is 19.4. The Morgan fingerprint density at radius 1 is 0.852 bits per heavy atom. The molecule has 0 aromatic carbocycles. The summed E-state index contributed by atoms with van der Waals surface area (Å²) in [5.74, 6) is -3.03. The van der Waals surface area contributed by atoms with E-state index in [2.05, 4.69) is 33.4 Å². The number of rotatable bonds is 7. The first-order valence-corrected chi connectivity index (χ1v) is 21.9. The number of aliphatic hydroxyl groups is 5. The lowest BCUT2D eigenvalue weighted by Gasteiger charge is -2.60. The van der Waals surface area contributed by atoms with Gasteiger partial charge in [-0.2, -0.15) is 0 Å². The fourth-order valence-electron chi connectivity index (χ4n) is 13.3. The molecule has 0 aromatic rings. The molecule has 1 spiro atoms. The maximum absolute atomic E-state index is 12.4. The van der Waals surface area contributed by atoms with E-state index < -0.39 is 109 Å². The number of hydrogen-bond acceptors (Lipinski definition) is 17. The third kappa shape index (κ3) is 7.40. The molecule has 4 aliphatic carbocycles. The molecule has 0 amide bonds. The van der Waals surface area contributed by atoms with Gasteiger partial charge in [-0.25, -0.2) is 0 Å². The Balaban J connectivity index is 1.05. The molecule has 3 saturated carbocycles. The van der Waals surface area contributed by atoms with Gasteiger partial charge in [-0.3, -0.25) is 14.4 Å². The molecule has 0 unspecified atom stereocenters. The Hall–Kier alpha value is -2.55. The molecule has 0 bridgehead atoms. The van der Waals surface area contributed by atoms with Gasteiger partial charge in [0.2, 0.25) is 5.79 Å². The van der Waals surface area contributed by atoms with Gasteiger partial charge in [-0.05, 0) is 73.7 Å². The fourth-order valence-corrected chi connectivity index (χ4v) is 13.3. The minimum Gasteiger partial charge on any atom is -0.456 e. The van der Waals surface area contributed by atoms with Crippen LogP contribution in [-0.2, 0) is 57.0 Å². The van der Waals surface area contributed by atoms with Crippen LogP contribution in [0.2, 0.25) is 0 Å². The number of allylic oxidation sites excluding steroid dienone is 1. The van der Waals surface area contributed by atoms with Crippen molar-refractivity contribution < 1.29 is 82.5 Å². The van der Waals surface area contributed by atoms with Gasteiger partial charge in [-0.15, -0.1) is 0 Å². The zero-order valence-corrected chi connectivity index (χ0v) is 36.0. The van der Waals surface area contributed by atoms with E-state index in [1.807, 2.05) is 0 Å². The van der Waals surface area contributed by atoms with Crippen molar-refractivity contribution in [1.82, 2.24) is 0 Å². The van der Waals surface area contributed by atoms with Crippen LogP contribution < -0.4 is 0 Å². The number of aliphatic hydroxyl groups excluding tert-OH is 5. The molecule has 7 fully saturated rings. The van der Waals surface area contributed by atoms with E-state index in [4.69, 9.17) is 42.6 Å². The SMILES string of the molecule is C=C1CO[C@@]2(O[C@H]3C[C@H]4[C@@H]5CC=C6C[C@H](O)C[C@H](O[C@H]7OC[C@H](O)[C@@H](O)[C@@H]7O[C@H]7O[C@@H](C)[C@H](OC(C)=O)[C@@H](OC(C)=O)[C@@H]7OC(C)=O)[C@@]6(C)[C@H]5CC[C@@]4(C)[C@H]3[C@@H]2C)[C@H](O)[C@@H]1O. The summed E-state index contributed by atoms with van der Waals surface area (Å²) in [6.45, 7) is 15.3. The van der Waals surface area contributed by atoms with Gasteiger partial charge in [-0.1, -0.05) is 39.0 Å². The fraction of sp³-hybridized carbons (Fsp3) is 0.841. The maximum atomic E-state index is 12.4. The van der Waals surface area contributed by atoms with E-state index in [0.29, 0.717) is 12.0 Å². The molecule has 17 nitrogen and oxygen atoms in total. The number of hydrogen-bond donors (Lipinski definition) is 5. The number of carbonyl (C=O) groups excluding carboxylic acids is 3. The molecule has 4 saturated heterocycles. The van der Waals surface area contributed by atoms with Gasteiger partial charge in [0.05, 0.1) is 37.6 Å². The van der Waals surface area contributed by atoms with Crippen molar-refractivity contribution in [3.63, 3.8) is 0 Å². The molecular weight excluding hydrogens is 800 g/mol. The quantitative estimate of drug-likeness (QED) is 0.139. The van der Waals surface area contributed by atoms with Crippen LogP contribution in [0.15, 0.2) is 23.8 Å². The van der Waals surface area contributed by atoms with Gasteiger partial charge in [0, 0.05) is 38.5 Å². The van der Waals surface area contributed by atoms with Crippen LogP contribution in [0.25, 0.3) is 0 Å². The Bertz CT molecular complexity index is 1750. The van der Waals surface area contributed by atoms with Crippen LogP contribution in [0.4, 0.5) is 0 Å². The molecule has 61 heavy (non-hydrogen) atoms. The average Bonchev–Trinajstić information content (AvgIpc) is 3.64. The first kappa shape index (κ1) is 45.0. The van der Waals surface area contributed by atoms with Crippen molar-refractivity contribution in [2.75, 3.05) is 13.2 Å². The standard InChI is InChI=1S/C44H64O17/c1-18-16-54-44(39(52)33(18)50)19(2)32-30(61-44)15-28-26-10-9-24-13-25(48)14-31(43(24,8)27(26)11-12-42(28,32)7)59-40-36(34(51)29(49)17-53-40)60-41-38(58-23(6)47)37(57-22(5)46)35(20(3)55-41)56-21(4)45/h9,19-20,25-41,48-52H,1,10-17H2,2-8H3/t19-,20-,25-,26+,27-,28-,29-,30-,31-,32-,33+,34+,35-,36-,37+,38-,39+,40+,41+,42+,43+,44-/m0/s1. The summed E-state index contributed by atoms with van der Waals surface area (Å²) >= 11 is 0. The lowest BCUT2D eigenvalue weighted by atomic mass is 9.46. The number of carbonyl (C=O) groups is 3. The molecule has 22 atom stereocenters. The highest BCUT2D eigenvalue weighted by Gasteiger charge is 2.72. The summed E-state index contributed by atoms with van der Waals surface area (Å²) in [5.41, 5.74) is 0.786. The van der Waals surface area contributed by atoms with Crippen LogP contribution in [0.3, 0.4) is 0 Å². The van der Waals surface area contributed by atoms with Crippen LogP contribution in [-0.4, -0.2) is 148 Å². The minimum atomic E-state index is -1.58. The van der Waals surface area contributed by atoms with Crippen molar-refractivity contribution in [1.29, 1.82) is 0 Å². The Kier molecular flexibility index (Phi) is 12.2. The molecule has 0 aromatic heterocycles. The molecule has 4 heterocycles. The molecule has 8 aliphatic rings. The molecule has 4 aliphatic heterocycles. The van der Waals surface area contributed by atoms with E-state index in [1.54, 1.807) is 6.92 Å². The van der Waals surface area contributed by atoms with Gasteiger partial charge < -0.3 is 68.2 Å². The van der Waals surface area contributed by atoms with Gasteiger partial charge in [0.15, 0.2) is 30.9 Å². The number of ether oxygens (including phenoxy) is 9. The first-order chi connectivity index (χ1) is 28.7. The summed E-state index contributed by atoms with van der Waals surface area (Å²) in [7, 11) is 0. The zero-order chi connectivity index (χ0) is 44.1. The highest BCUT2D eigenvalue weighted by atomic mass is 16.8. The van der Waals surface area contributed by atoms with Crippen molar-refractivity contribution in [2.24, 2.45) is 40.4 Å². The molecular formula is C44H64O17. The third-order valence-corrected chi connectivity index (χ3v) is 16.0. The smallest absolute Gasteiger partial charge is 0.303 e. The van der Waals surface area contributed by atoms with Crippen molar-refractivity contribution >= 4 is 17.9 Å². The van der Waals surface area contributed by atoms with E-state index in [1.165, 1.54) is 6.92 Å². The van der Waals surface area contributed by atoms with Gasteiger partial charge in [0.1, 0.15) is 30.5 Å². The Morgan fingerprint density at radius 3 is 2.21 bits per heavy atom. The van der Waals surface area contributed by atoms with Crippen LogP contribution in [0.5, 0.6) is 0 Å². The third-order valence-electron chi connectivity index (χ3n) is 16.0. The van der Waals surface area contributed by atoms with Crippen LogP contribution in [0.1, 0.15) is 87.0 Å². The minimum absolute atomic E-state index is 0.0804. The van der Waals surface area contributed by atoms with E-state index in [9.17, 15) is 39.9 Å². The Morgan fingerprint density at radius 2 is 1.52 bits per heavy atom. The summed E-state index contributed by atoms with van der Waals surface area (Å²) in [6.07, 6.45) is -9.83. The van der Waals surface area contributed by atoms with Crippen molar-refractivity contribution in [3.05, 3.63) is 23.8 Å². The number of fused-ring (bicyclic) bond motifs is 7. The molecule has 8 rings (SSSR count). The molecule has 5 N–H and O–H groups in total. The zero-order valence-electron chi connectivity index (χ0n) is 36.0. The van der Waals surface area contributed by atoms with E-state index >= 15 is 0 Å². The number of esters is 3. The summed E-state index contributed by atoms with van der Waals surface area (Å²) in [4.78, 5) is 36.8. The predicted molar refractivity (Wildman–Crippen MR) is 208 cm³/mol. The van der Waals surface area contributed by atoms with E-state index in [-0.39, 0.29) is 60.7 Å². The molecule has 0 radical (unpaired) electrons.